The minimum Gasteiger partial charge on any atom is -0.490 e. The van der Waals surface area contributed by atoms with Crippen molar-refractivity contribution >= 4 is 5.91 Å². The van der Waals surface area contributed by atoms with E-state index in [0.717, 1.165) is 23.4 Å². The average Bonchev–Trinajstić information content (AvgIpc) is 3.00. The molecule has 0 radical (unpaired) electrons. The molecule has 1 heterocycles. The molecule has 1 amide bonds. The number of amides is 1. The van der Waals surface area contributed by atoms with Crippen molar-refractivity contribution in [2.45, 2.75) is 52.5 Å². The molecule has 146 valence electrons. The highest BCUT2D eigenvalue weighted by Crippen LogP contribution is 2.14. The van der Waals surface area contributed by atoms with Gasteiger partial charge in [-0.05, 0) is 43.5 Å². The Balaban J connectivity index is 1.75. The largest absolute Gasteiger partial charge is 0.490 e. The number of unbranched alkanes of at least 4 members (excludes halogenated alkanes) is 4. The fraction of sp³-hybridized carbons (Fsp3) is 0.455. The molecule has 2 rings (SSSR count). The molecule has 5 heteroatoms. The number of allylic oxidation sites excluding steroid dienone is 1. The van der Waals surface area contributed by atoms with E-state index in [9.17, 15) is 4.79 Å². The lowest BCUT2D eigenvalue weighted by molar-refractivity contribution is 0.0941. The topological polar surface area (TPSA) is 56.1 Å². The number of aromatic nitrogens is 2. The zero-order valence-corrected chi connectivity index (χ0v) is 16.7. The molecular formula is C22H31N3O2. The summed E-state index contributed by atoms with van der Waals surface area (Å²) in [5, 5.41) is 7.13. The molecule has 0 unspecified atom stereocenters. The molecular weight excluding hydrogens is 338 g/mol. The summed E-state index contributed by atoms with van der Waals surface area (Å²) in [6, 6.07) is 9.60. The Bertz CT molecular complexity index is 750. The predicted octanol–water partition coefficient (Wildman–Crippen LogP) is 4.56. The van der Waals surface area contributed by atoms with Crippen molar-refractivity contribution in [1.82, 2.24) is 15.1 Å². The van der Waals surface area contributed by atoms with Gasteiger partial charge in [-0.2, -0.15) is 5.10 Å². The standard InChI is InChI=1S/C22H31N3O2/c1-4-5-6-7-8-9-10-14-27-20-13-11-12-19(16-20)17-23-22(26)21-15-18(2)24-25(21)3/h9-13,15-16H,4-8,14,17H2,1-3H3,(H,23,26). The first kappa shape index (κ1) is 20.7. The van der Waals surface area contributed by atoms with E-state index in [2.05, 4.69) is 29.5 Å². The maximum absolute atomic E-state index is 12.3. The van der Waals surface area contributed by atoms with Crippen LogP contribution >= 0.6 is 0 Å². The zero-order valence-electron chi connectivity index (χ0n) is 16.7. The summed E-state index contributed by atoms with van der Waals surface area (Å²) < 4.78 is 7.37. The van der Waals surface area contributed by atoms with Gasteiger partial charge in [0.05, 0.1) is 5.69 Å². The summed E-state index contributed by atoms with van der Waals surface area (Å²) in [6.07, 6.45) is 10.5. The second-order valence-corrected chi connectivity index (χ2v) is 6.76. The highest BCUT2D eigenvalue weighted by atomic mass is 16.5. The summed E-state index contributed by atoms with van der Waals surface area (Å²) >= 11 is 0. The number of rotatable bonds is 11. The van der Waals surface area contributed by atoms with Crippen LogP contribution in [0.5, 0.6) is 5.75 Å². The van der Waals surface area contributed by atoms with E-state index in [1.54, 1.807) is 17.8 Å². The second kappa shape index (κ2) is 11.2. The third-order valence-electron chi connectivity index (χ3n) is 4.32. The van der Waals surface area contributed by atoms with Gasteiger partial charge < -0.3 is 10.1 Å². The highest BCUT2D eigenvalue weighted by molar-refractivity contribution is 5.92. The van der Waals surface area contributed by atoms with Crippen molar-refractivity contribution in [1.29, 1.82) is 0 Å². The molecule has 0 aliphatic heterocycles. The molecule has 5 nitrogen and oxygen atoms in total. The molecule has 1 aromatic carbocycles. The number of ether oxygens (including phenoxy) is 1. The van der Waals surface area contributed by atoms with Gasteiger partial charge >= 0.3 is 0 Å². The Kier molecular flexibility index (Phi) is 8.62. The second-order valence-electron chi connectivity index (χ2n) is 6.76. The SMILES string of the molecule is CCCCCCC=CCOc1cccc(CNC(=O)c2cc(C)nn2C)c1. The van der Waals surface area contributed by atoms with Gasteiger partial charge in [0.1, 0.15) is 18.1 Å². The number of nitrogens with one attached hydrogen (secondary N) is 1. The number of benzene rings is 1. The molecule has 0 atom stereocenters. The molecule has 1 aromatic heterocycles. The van der Waals surface area contributed by atoms with Crippen molar-refractivity contribution < 1.29 is 9.53 Å². The summed E-state index contributed by atoms with van der Waals surface area (Å²) in [5.41, 5.74) is 2.39. The fourth-order valence-electron chi connectivity index (χ4n) is 2.86. The van der Waals surface area contributed by atoms with Crippen molar-refractivity contribution in [2.24, 2.45) is 7.05 Å². The number of nitrogens with zero attached hydrogens (tertiary/aromatic N) is 2. The van der Waals surface area contributed by atoms with Crippen LogP contribution < -0.4 is 10.1 Å². The lowest BCUT2D eigenvalue weighted by Crippen LogP contribution is -2.25. The third kappa shape index (κ3) is 7.29. The van der Waals surface area contributed by atoms with Crippen LogP contribution in [-0.2, 0) is 13.6 Å². The molecule has 0 aliphatic rings. The number of carbonyl (C=O) groups excluding carboxylic acids is 1. The van der Waals surface area contributed by atoms with Crippen LogP contribution in [0.1, 0.15) is 60.8 Å². The highest BCUT2D eigenvalue weighted by Gasteiger charge is 2.11. The number of aryl methyl sites for hydroxylation is 2. The number of hydrogen-bond acceptors (Lipinski definition) is 3. The van der Waals surface area contributed by atoms with E-state index in [4.69, 9.17) is 4.74 Å². The number of carbonyl (C=O) groups is 1. The van der Waals surface area contributed by atoms with E-state index >= 15 is 0 Å². The van der Waals surface area contributed by atoms with Crippen molar-refractivity contribution in [3.8, 4) is 5.75 Å². The van der Waals surface area contributed by atoms with Crippen LogP contribution in [0.25, 0.3) is 0 Å². The maximum Gasteiger partial charge on any atom is 0.269 e. The average molecular weight is 370 g/mol. The van der Waals surface area contributed by atoms with Gasteiger partial charge in [-0.1, -0.05) is 50.5 Å². The smallest absolute Gasteiger partial charge is 0.269 e. The molecule has 1 N–H and O–H groups in total. The van der Waals surface area contributed by atoms with Gasteiger partial charge in [-0.15, -0.1) is 0 Å². The Morgan fingerprint density at radius 2 is 2.07 bits per heavy atom. The van der Waals surface area contributed by atoms with Gasteiger partial charge in [0.15, 0.2) is 0 Å². The van der Waals surface area contributed by atoms with Crippen molar-refractivity contribution in [3.63, 3.8) is 0 Å². The van der Waals surface area contributed by atoms with Gasteiger partial charge in [0.2, 0.25) is 0 Å². The quantitative estimate of drug-likeness (QED) is 0.466. The third-order valence-corrected chi connectivity index (χ3v) is 4.32. The van der Waals surface area contributed by atoms with Crippen LogP contribution in [0.15, 0.2) is 42.5 Å². The van der Waals surface area contributed by atoms with E-state index in [-0.39, 0.29) is 5.91 Å². The first-order valence-corrected chi connectivity index (χ1v) is 9.75. The van der Waals surface area contributed by atoms with E-state index < -0.39 is 0 Å². The summed E-state index contributed by atoms with van der Waals surface area (Å²) in [4.78, 5) is 12.3. The van der Waals surface area contributed by atoms with Crippen LogP contribution in [0.4, 0.5) is 0 Å². The maximum atomic E-state index is 12.3. The van der Waals surface area contributed by atoms with Crippen LogP contribution in [0.3, 0.4) is 0 Å². The summed E-state index contributed by atoms with van der Waals surface area (Å²) in [5.74, 6) is 0.684. The number of hydrogen-bond donors (Lipinski definition) is 1. The Morgan fingerprint density at radius 1 is 1.22 bits per heavy atom. The Hall–Kier alpha value is -2.56. The zero-order chi connectivity index (χ0) is 19.5. The Morgan fingerprint density at radius 3 is 2.81 bits per heavy atom. The first-order valence-electron chi connectivity index (χ1n) is 9.75. The predicted molar refractivity (Wildman–Crippen MR) is 109 cm³/mol. The van der Waals surface area contributed by atoms with E-state index in [0.29, 0.717) is 18.8 Å². The molecule has 2 aromatic rings. The molecule has 0 fully saturated rings. The Labute approximate surface area is 162 Å². The first-order chi connectivity index (χ1) is 13.1. The minimum absolute atomic E-state index is 0.129. The van der Waals surface area contributed by atoms with Gasteiger partial charge in [0.25, 0.3) is 5.91 Å². The molecule has 0 bridgehead atoms. The molecule has 27 heavy (non-hydrogen) atoms. The molecule has 0 aliphatic carbocycles. The van der Waals surface area contributed by atoms with Crippen molar-refractivity contribution in [3.05, 3.63) is 59.4 Å². The van der Waals surface area contributed by atoms with Crippen LogP contribution in [0.2, 0.25) is 0 Å². The lowest BCUT2D eigenvalue weighted by Gasteiger charge is -2.08. The monoisotopic (exact) mass is 369 g/mol. The van der Waals surface area contributed by atoms with E-state index in [1.807, 2.05) is 31.2 Å². The van der Waals surface area contributed by atoms with E-state index in [1.165, 1.54) is 25.7 Å². The van der Waals surface area contributed by atoms with Gasteiger partial charge in [-0.3, -0.25) is 9.48 Å². The molecule has 0 saturated heterocycles. The molecule has 0 spiro atoms. The summed E-state index contributed by atoms with van der Waals surface area (Å²) in [6.45, 7) is 5.12. The van der Waals surface area contributed by atoms with Crippen LogP contribution in [0, 0.1) is 6.92 Å². The summed E-state index contributed by atoms with van der Waals surface area (Å²) in [7, 11) is 1.77. The van der Waals surface area contributed by atoms with Gasteiger partial charge in [0, 0.05) is 13.6 Å². The van der Waals surface area contributed by atoms with Gasteiger partial charge in [-0.25, -0.2) is 0 Å². The normalized spacial score (nSPS) is 11.1. The molecule has 0 saturated carbocycles. The fourth-order valence-corrected chi connectivity index (χ4v) is 2.86. The van der Waals surface area contributed by atoms with Crippen LogP contribution in [-0.4, -0.2) is 22.3 Å². The lowest BCUT2D eigenvalue weighted by atomic mass is 10.1. The van der Waals surface area contributed by atoms with Crippen molar-refractivity contribution in [2.75, 3.05) is 6.61 Å². The minimum atomic E-state index is -0.129.